The molecule has 3 aromatic rings. The molecule has 2 heterocycles. The van der Waals surface area contributed by atoms with Crippen molar-refractivity contribution >= 4 is 5.91 Å². The van der Waals surface area contributed by atoms with Crippen LogP contribution in [0.1, 0.15) is 64.7 Å². The van der Waals surface area contributed by atoms with Gasteiger partial charge in [0.15, 0.2) is 0 Å². The molecule has 2 aliphatic heterocycles. The van der Waals surface area contributed by atoms with Crippen molar-refractivity contribution in [1.82, 2.24) is 10.2 Å². The molecule has 3 heteroatoms. The van der Waals surface area contributed by atoms with E-state index in [0.29, 0.717) is 12.0 Å². The Balaban J connectivity index is 1.33. The van der Waals surface area contributed by atoms with Gasteiger partial charge in [-0.05, 0) is 72.7 Å². The molecule has 1 fully saturated rings. The number of piperidine rings is 1. The Kier molecular flexibility index (Phi) is 4.65. The summed E-state index contributed by atoms with van der Waals surface area (Å²) in [6, 6.07) is 26.5. The number of hydrogen-bond acceptors (Lipinski definition) is 2. The number of nitrogens with zero attached hydrogens (tertiary/aromatic N) is 1. The van der Waals surface area contributed by atoms with Gasteiger partial charge in [0, 0.05) is 17.5 Å². The molecule has 1 saturated heterocycles. The van der Waals surface area contributed by atoms with Crippen molar-refractivity contribution in [3.8, 4) is 11.1 Å². The van der Waals surface area contributed by atoms with Gasteiger partial charge in [0.05, 0.1) is 6.04 Å². The van der Waals surface area contributed by atoms with Crippen LogP contribution in [0.5, 0.6) is 0 Å². The first-order valence-electron chi connectivity index (χ1n) is 11.6. The van der Waals surface area contributed by atoms with Gasteiger partial charge in [0.1, 0.15) is 0 Å². The highest BCUT2D eigenvalue weighted by Crippen LogP contribution is 2.49. The highest BCUT2D eigenvalue weighted by Gasteiger charge is 2.41. The van der Waals surface area contributed by atoms with Crippen molar-refractivity contribution < 1.29 is 4.79 Å². The van der Waals surface area contributed by atoms with E-state index in [1.807, 2.05) is 12.1 Å². The summed E-state index contributed by atoms with van der Waals surface area (Å²) in [6.07, 6.45) is 4.15. The second-order valence-corrected chi connectivity index (χ2v) is 9.10. The van der Waals surface area contributed by atoms with Crippen molar-refractivity contribution in [2.45, 2.75) is 43.7 Å². The lowest BCUT2D eigenvalue weighted by Gasteiger charge is -2.36. The number of amides is 1. The number of hydrogen-bond donors (Lipinski definition) is 1. The molecular formula is C28H28N2O. The van der Waals surface area contributed by atoms with E-state index in [1.165, 1.54) is 27.8 Å². The third-order valence-corrected chi connectivity index (χ3v) is 7.51. The quantitative estimate of drug-likeness (QED) is 0.616. The van der Waals surface area contributed by atoms with E-state index in [1.54, 1.807) is 0 Å². The molecule has 1 amide bonds. The number of carbonyl (C=O) groups excluding carboxylic acids is 1. The van der Waals surface area contributed by atoms with E-state index in [-0.39, 0.29) is 11.9 Å². The maximum absolute atomic E-state index is 13.4. The summed E-state index contributed by atoms with van der Waals surface area (Å²) in [5, 5.41) is 3.45. The molecule has 1 aliphatic carbocycles. The Morgan fingerprint density at radius 3 is 1.90 bits per heavy atom. The van der Waals surface area contributed by atoms with E-state index < -0.39 is 0 Å². The maximum atomic E-state index is 13.4. The van der Waals surface area contributed by atoms with Crippen molar-refractivity contribution in [2.75, 3.05) is 13.1 Å². The van der Waals surface area contributed by atoms with Crippen LogP contribution in [0.25, 0.3) is 11.1 Å². The molecule has 0 radical (unpaired) electrons. The van der Waals surface area contributed by atoms with Gasteiger partial charge in [-0.3, -0.25) is 4.79 Å². The zero-order valence-corrected chi connectivity index (χ0v) is 17.8. The minimum atomic E-state index is 0.187. The second kappa shape index (κ2) is 7.65. The van der Waals surface area contributed by atoms with E-state index in [4.69, 9.17) is 0 Å². The van der Waals surface area contributed by atoms with Crippen LogP contribution in [0.2, 0.25) is 0 Å². The molecule has 3 aliphatic rings. The zero-order valence-electron chi connectivity index (χ0n) is 17.8. The lowest BCUT2D eigenvalue weighted by Crippen LogP contribution is -2.45. The van der Waals surface area contributed by atoms with Crippen LogP contribution in [-0.2, 0) is 0 Å². The molecule has 31 heavy (non-hydrogen) atoms. The molecule has 3 aromatic carbocycles. The number of nitrogens with one attached hydrogen (secondary N) is 1. The van der Waals surface area contributed by atoms with E-state index in [0.717, 1.165) is 44.3 Å². The average Bonchev–Trinajstić information content (AvgIpc) is 3.30. The monoisotopic (exact) mass is 408 g/mol. The standard InChI is InChI=1S/C28H28N2O/c31-28-26-12-6-5-11-25(26)27(30(28)19-15-17-29-18-16-19)14-13-24-22-9-3-1-7-20(22)21-8-2-4-10-23(21)24/h1-12,19,24,27,29H,13-18H2. The molecule has 0 saturated carbocycles. The maximum Gasteiger partial charge on any atom is 0.254 e. The van der Waals surface area contributed by atoms with Gasteiger partial charge in [0.2, 0.25) is 0 Å². The van der Waals surface area contributed by atoms with E-state index >= 15 is 0 Å². The molecule has 0 spiro atoms. The summed E-state index contributed by atoms with van der Waals surface area (Å²) in [5.74, 6) is 0.643. The van der Waals surface area contributed by atoms with Gasteiger partial charge >= 0.3 is 0 Å². The molecule has 0 bridgehead atoms. The Bertz CT molecular complexity index is 1090. The smallest absolute Gasteiger partial charge is 0.254 e. The fourth-order valence-corrected chi connectivity index (χ4v) is 6.11. The fraction of sp³-hybridized carbons (Fsp3) is 0.321. The van der Waals surface area contributed by atoms with Crippen molar-refractivity contribution in [1.29, 1.82) is 0 Å². The third kappa shape index (κ3) is 3.02. The third-order valence-electron chi connectivity index (χ3n) is 7.51. The van der Waals surface area contributed by atoms with Gasteiger partial charge in [-0.25, -0.2) is 0 Å². The number of benzene rings is 3. The number of fused-ring (bicyclic) bond motifs is 4. The van der Waals surface area contributed by atoms with Crippen molar-refractivity contribution in [3.63, 3.8) is 0 Å². The summed E-state index contributed by atoms with van der Waals surface area (Å²) < 4.78 is 0. The van der Waals surface area contributed by atoms with Gasteiger partial charge < -0.3 is 10.2 Å². The van der Waals surface area contributed by atoms with Gasteiger partial charge in [0.25, 0.3) is 5.91 Å². The minimum Gasteiger partial charge on any atom is -0.328 e. The second-order valence-electron chi connectivity index (χ2n) is 9.10. The summed E-state index contributed by atoms with van der Waals surface area (Å²) in [5.41, 5.74) is 7.77. The lowest BCUT2D eigenvalue weighted by atomic mass is 9.88. The molecule has 0 aromatic heterocycles. The van der Waals surface area contributed by atoms with Crippen LogP contribution in [0.3, 0.4) is 0 Å². The molecule has 1 unspecified atom stereocenters. The topological polar surface area (TPSA) is 32.3 Å². The van der Waals surface area contributed by atoms with Crippen LogP contribution in [0.4, 0.5) is 0 Å². The predicted octanol–water partition coefficient (Wildman–Crippen LogP) is 5.53. The van der Waals surface area contributed by atoms with E-state index in [2.05, 4.69) is 70.9 Å². The number of rotatable bonds is 4. The van der Waals surface area contributed by atoms with Gasteiger partial charge in [-0.2, -0.15) is 0 Å². The summed E-state index contributed by atoms with van der Waals surface area (Å²) >= 11 is 0. The van der Waals surface area contributed by atoms with Gasteiger partial charge in [-0.15, -0.1) is 0 Å². The van der Waals surface area contributed by atoms with Crippen LogP contribution in [0, 0.1) is 0 Å². The lowest BCUT2D eigenvalue weighted by molar-refractivity contribution is 0.0566. The number of carbonyl (C=O) groups is 1. The largest absolute Gasteiger partial charge is 0.328 e. The Labute approximate surface area is 184 Å². The minimum absolute atomic E-state index is 0.187. The normalized spacial score (nSPS) is 20.6. The predicted molar refractivity (Wildman–Crippen MR) is 124 cm³/mol. The molecule has 1 atom stereocenters. The molecule has 1 N–H and O–H groups in total. The first kappa shape index (κ1) is 18.8. The average molecular weight is 409 g/mol. The van der Waals surface area contributed by atoms with Crippen LogP contribution >= 0.6 is 0 Å². The van der Waals surface area contributed by atoms with Crippen molar-refractivity contribution in [3.05, 3.63) is 95.1 Å². The van der Waals surface area contributed by atoms with E-state index in [9.17, 15) is 4.79 Å². The Hall–Kier alpha value is -2.91. The Morgan fingerprint density at radius 2 is 1.26 bits per heavy atom. The first-order valence-corrected chi connectivity index (χ1v) is 11.6. The van der Waals surface area contributed by atoms with Crippen LogP contribution in [-0.4, -0.2) is 29.9 Å². The molecule has 6 rings (SSSR count). The highest BCUT2D eigenvalue weighted by atomic mass is 16.2. The van der Waals surface area contributed by atoms with Crippen LogP contribution in [0.15, 0.2) is 72.8 Å². The molecule has 3 nitrogen and oxygen atoms in total. The molecule has 156 valence electrons. The summed E-state index contributed by atoms with van der Waals surface area (Å²) in [7, 11) is 0. The van der Waals surface area contributed by atoms with Crippen LogP contribution < -0.4 is 5.32 Å². The summed E-state index contributed by atoms with van der Waals surface area (Å²) in [4.78, 5) is 15.6. The first-order chi connectivity index (χ1) is 15.3. The summed E-state index contributed by atoms with van der Waals surface area (Å²) in [6.45, 7) is 2.00. The Morgan fingerprint density at radius 1 is 0.710 bits per heavy atom. The molecular weight excluding hydrogens is 380 g/mol. The highest BCUT2D eigenvalue weighted by molar-refractivity contribution is 5.99. The van der Waals surface area contributed by atoms with Gasteiger partial charge in [-0.1, -0.05) is 66.7 Å². The van der Waals surface area contributed by atoms with Crippen molar-refractivity contribution in [2.24, 2.45) is 0 Å². The zero-order chi connectivity index (χ0) is 20.8. The SMILES string of the molecule is O=C1c2ccccc2C(CCC2c3ccccc3-c3ccccc32)N1C1CCNCC1. The fourth-order valence-electron chi connectivity index (χ4n) is 6.11.